The maximum Gasteiger partial charge on any atom is 0.341 e. The van der Waals surface area contributed by atoms with Crippen LogP contribution in [-0.2, 0) is 4.74 Å². The summed E-state index contributed by atoms with van der Waals surface area (Å²) in [5, 5.41) is 8.77. The van der Waals surface area contributed by atoms with Gasteiger partial charge in [0.1, 0.15) is 17.1 Å². The summed E-state index contributed by atoms with van der Waals surface area (Å²) in [6, 6.07) is 10.9. The minimum atomic E-state index is -0.609. The fraction of sp³-hybridized carbons (Fsp3) is 0.125. The third-order valence-electron chi connectivity index (χ3n) is 3.02. The van der Waals surface area contributed by atoms with Crippen LogP contribution in [0.25, 0.3) is 11.1 Å². The SMILES string of the molecule is COC(=O)c1cc(-c2ccc(C#N)cc2)c(F)cc1OC. The molecule has 0 bridgehead atoms. The van der Waals surface area contributed by atoms with Crippen LogP contribution in [0.3, 0.4) is 0 Å². The van der Waals surface area contributed by atoms with Crippen molar-refractivity contribution in [2.75, 3.05) is 14.2 Å². The van der Waals surface area contributed by atoms with Crippen molar-refractivity contribution < 1.29 is 18.7 Å². The molecule has 0 aliphatic heterocycles. The molecule has 0 atom stereocenters. The highest BCUT2D eigenvalue weighted by Crippen LogP contribution is 2.30. The summed E-state index contributed by atoms with van der Waals surface area (Å²) in [6.45, 7) is 0. The number of ether oxygens (including phenoxy) is 2. The molecule has 0 N–H and O–H groups in total. The van der Waals surface area contributed by atoms with Gasteiger partial charge < -0.3 is 9.47 Å². The van der Waals surface area contributed by atoms with Gasteiger partial charge in [0.2, 0.25) is 0 Å². The molecular weight excluding hydrogens is 273 g/mol. The first kappa shape index (κ1) is 14.5. The Labute approximate surface area is 121 Å². The van der Waals surface area contributed by atoms with Crippen molar-refractivity contribution in [2.45, 2.75) is 0 Å². The molecule has 2 aromatic rings. The lowest BCUT2D eigenvalue weighted by Gasteiger charge is -2.11. The summed E-state index contributed by atoms with van der Waals surface area (Å²) >= 11 is 0. The molecule has 0 fully saturated rings. The number of methoxy groups -OCH3 is 2. The minimum Gasteiger partial charge on any atom is -0.496 e. The average molecular weight is 285 g/mol. The van der Waals surface area contributed by atoms with E-state index in [-0.39, 0.29) is 16.9 Å². The van der Waals surface area contributed by atoms with Crippen LogP contribution in [0, 0.1) is 17.1 Å². The molecule has 0 saturated heterocycles. The number of esters is 1. The molecule has 0 spiro atoms. The topological polar surface area (TPSA) is 59.3 Å². The summed E-state index contributed by atoms with van der Waals surface area (Å²) in [5.74, 6) is -1.03. The largest absolute Gasteiger partial charge is 0.496 e. The highest BCUT2D eigenvalue weighted by atomic mass is 19.1. The van der Waals surface area contributed by atoms with E-state index in [0.717, 1.165) is 6.07 Å². The van der Waals surface area contributed by atoms with E-state index in [2.05, 4.69) is 4.74 Å². The van der Waals surface area contributed by atoms with Crippen LogP contribution >= 0.6 is 0 Å². The van der Waals surface area contributed by atoms with Crippen molar-refractivity contribution >= 4 is 5.97 Å². The van der Waals surface area contributed by atoms with Crippen molar-refractivity contribution in [1.82, 2.24) is 0 Å². The first-order valence-corrected chi connectivity index (χ1v) is 6.07. The number of rotatable bonds is 3. The summed E-state index contributed by atoms with van der Waals surface area (Å²) in [4.78, 5) is 11.7. The highest BCUT2D eigenvalue weighted by molar-refractivity contribution is 5.94. The van der Waals surface area contributed by atoms with Gasteiger partial charge in [0.05, 0.1) is 25.9 Å². The summed E-state index contributed by atoms with van der Waals surface area (Å²) in [6.07, 6.45) is 0. The lowest BCUT2D eigenvalue weighted by atomic mass is 10.0. The zero-order valence-corrected chi connectivity index (χ0v) is 11.5. The molecule has 0 radical (unpaired) electrons. The van der Waals surface area contributed by atoms with E-state index in [0.29, 0.717) is 11.1 Å². The number of benzene rings is 2. The van der Waals surface area contributed by atoms with Gasteiger partial charge in [-0.05, 0) is 23.8 Å². The van der Waals surface area contributed by atoms with Crippen molar-refractivity contribution in [2.24, 2.45) is 0 Å². The van der Waals surface area contributed by atoms with Gasteiger partial charge in [0.25, 0.3) is 0 Å². The van der Waals surface area contributed by atoms with Crippen molar-refractivity contribution in [3.05, 3.63) is 53.3 Å². The number of carbonyl (C=O) groups is 1. The molecule has 2 rings (SSSR count). The van der Waals surface area contributed by atoms with E-state index in [9.17, 15) is 9.18 Å². The molecule has 0 aliphatic rings. The molecule has 4 nitrogen and oxygen atoms in total. The number of hydrogen-bond donors (Lipinski definition) is 0. The highest BCUT2D eigenvalue weighted by Gasteiger charge is 2.18. The summed E-state index contributed by atoms with van der Waals surface area (Å²) in [7, 11) is 2.59. The van der Waals surface area contributed by atoms with E-state index in [1.165, 1.54) is 20.3 Å². The Kier molecular flexibility index (Phi) is 4.19. The molecule has 0 aromatic heterocycles. The number of hydrogen-bond acceptors (Lipinski definition) is 4. The van der Waals surface area contributed by atoms with Gasteiger partial charge in [-0.15, -0.1) is 0 Å². The maximum absolute atomic E-state index is 14.2. The second-order valence-corrected chi connectivity index (χ2v) is 4.21. The van der Waals surface area contributed by atoms with Gasteiger partial charge >= 0.3 is 5.97 Å². The van der Waals surface area contributed by atoms with Crippen molar-refractivity contribution in [3.63, 3.8) is 0 Å². The minimum absolute atomic E-state index is 0.108. The Morgan fingerprint density at radius 3 is 2.38 bits per heavy atom. The number of nitriles is 1. The molecule has 0 aliphatic carbocycles. The van der Waals surface area contributed by atoms with Crippen molar-refractivity contribution in [1.29, 1.82) is 5.26 Å². The van der Waals surface area contributed by atoms with Gasteiger partial charge in [-0.1, -0.05) is 12.1 Å². The normalized spacial score (nSPS) is 9.81. The smallest absolute Gasteiger partial charge is 0.341 e. The van der Waals surface area contributed by atoms with E-state index in [4.69, 9.17) is 10.00 Å². The van der Waals surface area contributed by atoms with E-state index in [1.54, 1.807) is 24.3 Å². The Morgan fingerprint density at radius 2 is 1.86 bits per heavy atom. The third-order valence-corrected chi connectivity index (χ3v) is 3.02. The number of nitrogens with zero attached hydrogens (tertiary/aromatic N) is 1. The van der Waals surface area contributed by atoms with Crippen LogP contribution in [-0.4, -0.2) is 20.2 Å². The molecule has 106 valence electrons. The lowest BCUT2D eigenvalue weighted by molar-refractivity contribution is 0.0597. The zero-order chi connectivity index (χ0) is 15.4. The zero-order valence-electron chi connectivity index (χ0n) is 11.5. The Hall–Kier alpha value is -2.87. The van der Waals surface area contributed by atoms with Gasteiger partial charge in [-0.3, -0.25) is 0 Å². The Morgan fingerprint density at radius 1 is 1.19 bits per heavy atom. The first-order chi connectivity index (χ1) is 10.1. The van der Waals surface area contributed by atoms with Gasteiger partial charge in [-0.25, -0.2) is 9.18 Å². The lowest BCUT2D eigenvalue weighted by Crippen LogP contribution is -2.05. The first-order valence-electron chi connectivity index (χ1n) is 6.07. The number of carbonyl (C=O) groups excluding carboxylic acids is 1. The van der Waals surface area contributed by atoms with Crippen LogP contribution in [0.1, 0.15) is 15.9 Å². The fourth-order valence-corrected chi connectivity index (χ4v) is 1.94. The summed E-state index contributed by atoms with van der Waals surface area (Å²) < 4.78 is 23.8. The standard InChI is InChI=1S/C16H12FNO3/c1-20-15-8-14(17)12(7-13(15)16(19)21-2)11-5-3-10(9-18)4-6-11/h3-8H,1-2H3. The average Bonchev–Trinajstić information content (AvgIpc) is 2.53. The molecule has 0 amide bonds. The summed E-state index contributed by atoms with van der Waals surface area (Å²) in [5.41, 5.74) is 1.40. The van der Waals surface area contributed by atoms with E-state index in [1.807, 2.05) is 6.07 Å². The van der Waals surface area contributed by atoms with Gasteiger partial charge in [0, 0.05) is 11.6 Å². The number of halogens is 1. The van der Waals surface area contributed by atoms with Gasteiger partial charge in [-0.2, -0.15) is 5.26 Å². The van der Waals surface area contributed by atoms with Crippen molar-refractivity contribution in [3.8, 4) is 22.9 Å². The van der Waals surface area contributed by atoms with Crippen LogP contribution in [0.2, 0.25) is 0 Å². The predicted molar refractivity (Wildman–Crippen MR) is 74.4 cm³/mol. The van der Waals surface area contributed by atoms with Crippen LogP contribution in [0.5, 0.6) is 5.75 Å². The monoisotopic (exact) mass is 285 g/mol. The Balaban J connectivity index is 2.57. The van der Waals surface area contributed by atoms with E-state index >= 15 is 0 Å². The van der Waals surface area contributed by atoms with Crippen LogP contribution in [0.15, 0.2) is 36.4 Å². The maximum atomic E-state index is 14.2. The molecule has 0 heterocycles. The van der Waals surface area contributed by atoms with Crippen LogP contribution < -0.4 is 4.74 Å². The second-order valence-electron chi connectivity index (χ2n) is 4.21. The molecule has 0 unspecified atom stereocenters. The Bertz CT molecular complexity index is 718. The molecule has 21 heavy (non-hydrogen) atoms. The fourth-order valence-electron chi connectivity index (χ4n) is 1.94. The second kappa shape index (κ2) is 6.06. The van der Waals surface area contributed by atoms with E-state index < -0.39 is 11.8 Å². The quantitative estimate of drug-likeness (QED) is 0.813. The molecule has 2 aromatic carbocycles. The van der Waals surface area contributed by atoms with Gasteiger partial charge in [0.15, 0.2) is 0 Å². The molecule has 0 saturated carbocycles. The molecular formula is C16H12FNO3. The molecule has 5 heteroatoms. The third kappa shape index (κ3) is 2.84. The van der Waals surface area contributed by atoms with Crippen LogP contribution in [0.4, 0.5) is 4.39 Å². The predicted octanol–water partition coefficient (Wildman–Crippen LogP) is 3.16.